The van der Waals surface area contributed by atoms with E-state index in [1.807, 2.05) is 0 Å². The third-order valence-corrected chi connectivity index (χ3v) is 2.40. The Morgan fingerprint density at radius 3 is 3.00 bits per heavy atom. The molecule has 2 rings (SSSR count). The van der Waals surface area contributed by atoms with Gasteiger partial charge in [-0.2, -0.15) is 0 Å². The molecule has 5 nitrogen and oxygen atoms in total. The van der Waals surface area contributed by atoms with Crippen molar-refractivity contribution in [2.45, 2.75) is 0 Å². The Hall–Kier alpha value is -2.14. The number of nitrogens with zero attached hydrogens (tertiary/aromatic N) is 1. The maximum atomic E-state index is 11.7. The summed E-state index contributed by atoms with van der Waals surface area (Å²) in [5.74, 6) is -0.532. The second kappa shape index (κ2) is 5.01. The van der Waals surface area contributed by atoms with Crippen LogP contribution < -0.4 is 5.63 Å². The Morgan fingerprint density at radius 2 is 2.28 bits per heavy atom. The van der Waals surface area contributed by atoms with Crippen molar-refractivity contribution < 1.29 is 13.9 Å². The zero-order valence-corrected chi connectivity index (χ0v) is 10.1. The van der Waals surface area contributed by atoms with E-state index in [-0.39, 0.29) is 11.3 Å². The maximum Gasteiger partial charge on any atom is 0.347 e. The molecule has 0 radical (unpaired) electrons. The molecule has 18 heavy (non-hydrogen) atoms. The van der Waals surface area contributed by atoms with E-state index in [4.69, 9.17) is 16.0 Å². The summed E-state index contributed by atoms with van der Waals surface area (Å²) < 4.78 is 9.34. The molecule has 0 unspecified atom stereocenters. The number of fused-ring (bicyclic) bond motifs is 1. The Balaban J connectivity index is 2.50. The summed E-state index contributed by atoms with van der Waals surface area (Å²) in [6.07, 6.45) is 2.38. The number of rotatable bonds is 2. The molecule has 0 saturated carbocycles. The standard InChI is InChI=1S/C12H8ClNO4/c1-17-11(15)5-4-10-14-9-3-2-7(13)6-8(9)12(16)18-10/h2-6H,1H3. The first kappa shape index (κ1) is 12.3. The van der Waals surface area contributed by atoms with Gasteiger partial charge in [0.05, 0.1) is 18.0 Å². The number of halogens is 1. The van der Waals surface area contributed by atoms with E-state index in [1.54, 1.807) is 12.1 Å². The van der Waals surface area contributed by atoms with Gasteiger partial charge < -0.3 is 9.15 Å². The van der Waals surface area contributed by atoms with Crippen molar-refractivity contribution in [1.82, 2.24) is 4.98 Å². The molecular weight excluding hydrogens is 258 g/mol. The molecule has 2 aromatic rings. The molecule has 6 heteroatoms. The summed E-state index contributed by atoms with van der Waals surface area (Å²) in [6.45, 7) is 0. The lowest BCUT2D eigenvalue weighted by Crippen LogP contribution is -2.03. The Bertz CT molecular complexity index is 690. The molecule has 0 spiro atoms. The summed E-state index contributed by atoms with van der Waals surface area (Å²) >= 11 is 5.77. The summed E-state index contributed by atoms with van der Waals surface area (Å²) in [5, 5.41) is 0.715. The molecule has 0 N–H and O–H groups in total. The fraction of sp³-hybridized carbons (Fsp3) is 0.0833. The highest BCUT2D eigenvalue weighted by Crippen LogP contribution is 2.15. The first-order valence-corrected chi connectivity index (χ1v) is 5.34. The van der Waals surface area contributed by atoms with Gasteiger partial charge in [0.2, 0.25) is 5.89 Å². The van der Waals surface area contributed by atoms with E-state index in [1.165, 1.54) is 19.3 Å². The smallest absolute Gasteiger partial charge is 0.347 e. The normalized spacial score (nSPS) is 11.0. The van der Waals surface area contributed by atoms with Crippen LogP contribution in [0.5, 0.6) is 0 Å². The van der Waals surface area contributed by atoms with Crippen molar-refractivity contribution >= 4 is 34.5 Å². The van der Waals surface area contributed by atoms with E-state index in [0.717, 1.165) is 6.08 Å². The number of hydrogen-bond donors (Lipinski definition) is 0. The Kier molecular flexibility index (Phi) is 3.43. The van der Waals surface area contributed by atoms with Crippen LogP contribution in [-0.2, 0) is 9.53 Å². The first-order chi connectivity index (χ1) is 8.60. The van der Waals surface area contributed by atoms with Crippen LogP contribution in [0.25, 0.3) is 17.0 Å². The summed E-state index contributed by atoms with van der Waals surface area (Å²) in [6, 6.07) is 4.69. The van der Waals surface area contributed by atoms with Crippen LogP contribution >= 0.6 is 11.6 Å². The van der Waals surface area contributed by atoms with E-state index < -0.39 is 11.6 Å². The van der Waals surface area contributed by atoms with Crippen LogP contribution in [0.3, 0.4) is 0 Å². The molecular formula is C12H8ClNO4. The number of hydrogen-bond acceptors (Lipinski definition) is 5. The number of aromatic nitrogens is 1. The molecule has 0 aliphatic heterocycles. The lowest BCUT2D eigenvalue weighted by molar-refractivity contribution is -0.134. The molecule has 0 atom stereocenters. The predicted octanol–water partition coefficient (Wildman–Crippen LogP) is 2.03. The molecule has 0 saturated heterocycles. The lowest BCUT2D eigenvalue weighted by Gasteiger charge is -1.97. The topological polar surface area (TPSA) is 69.4 Å². The zero-order chi connectivity index (χ0) is 13.1. The van der Waals surface area contributed by atoms with Gasteiger partial charge in [0.25, 0.3) is 0 Å². The molecule has 92 valence electrons. The second-order valence-electron chi connectivity index (χ2n) is 3.36. The van der Waals surface area contributed by atoms with Gasteiger partial charge in [0, 0.05) is 17.2 Å². The minimum Gasteiger partial charge on any atom is -0.466 e. The number of methoxy groups -OCH3 is 1. The van der Waals surface area contributed by atoms with E-state index in [2.05, 4.69) is 9.72 Å². The van der Waals surface area contributed by atoms with Crippen LogP contribution in [0.2, 0.25) is 5.02 Å². The van der Waals surface area contributed by atoms with Crippen LogP contribution in [0.15, 0.2) is 33.5 Å². The van der Waals surface area contributed by atoms with Gasteiger partial charge in [-0.15, -0.1) is 0 Å². The van der Waals surface area contributed by atoms with Gasteiger partial charge in [-0.3, -0.25) is 0 Å². The number of ether oxygens (including phenoxy) is 1. The highest BCUT2D eigenvalue weighted by molar-refractivity contribution is 6.31. The molecule has 0 fully saturated rings. The molecule has 0 aliphatic rings. The third-order valence-electron chi connectivity index (χ3n) is 2.17. The van der Waals surface area contributed by atoms with Gasteiger partial charge >= 0.3 is 11.6 Å². The number of carbonyl (C=O) groups is 1. The van der Waals surface area contributed by atoms with E-state index in [0.29, 0.717) is 10.5 Å². The van der Waals surface area contributed by atoms with Crippen molar-refractivity contribution in [3.8, 4) is 0 Å². The summed E-state index contributed by atoms with van der Waals surface area (Å²) in [7, 11) is 1.25. The monoisotopic (exact) mass is 265 g/mol. The van der Waals surface area contributed by atoms with Gasteiger partial charge in [-0.25, -0.2) is 14.6 Å². The minimum atomic E-state index is -0.563. The van der Waals surface area contributed by atoms with Crippen LogP contribution in [0.4, 0.5) is 0 Å². The van der Waals surface area contributed by atoms with Crippen molar-refractivity contribution in [2.75, 3.05) is 7.11 Å². The van der Waals surface area contributed by atoms with Crippen molar-refractivity contribution in [1.29, 1.82) is 0 Å². The number of benzene rings is 1. The molecule has 1 heterocycles. The molecule has 0 bridgehead atoms. The fourth-order valence-corrected chi connectivity index (χ4v) is 1.51. The van der Waals surface area contributed by atoms with E-state index in [9.17, 15) is 9.59 Å². The molecule has 1 aromatic carbocycles. The van der Waals surface area contributed by atoms with E-state index >= 15 is 0 Å². The number of esters is 1. The quantitative estimate of drug-likeness (QED) is 0.614. The fourth-order valence-electron chi connectivity index (χ4n) is 1.34. The minimum absolute atomic E-state index is 0.0280. The zero-order valence-electron chi connectivity index (χ0n) is 9.34. The Morgan fingerprint density at radius 1 is 1.50 bits per heavy atom. The predicted molar refractivity (Wildman–Crippen MR) is 66.3 cm³/mol. The van der Waals surface area contributed by atoms with Crippen LogP contribution in [0.1, 0.15) is 5.89 Å². The van der Waals surface area contributed by atoms with Gasteiger partial charge in [-0.1, -0.05) is 11.6 Å². The average Bonchev–Trinajstić information content (AvgIpc) is 2.37. The first-order valence-electron chi connectivity index (χ1n) is 4.96. The van der Waals surface area contributed by atoms with Gasteiger partial charge in [0.1, 0.15) is 0 Å². The Labute approximate surface area is 107 Å². The molecule has 0 aliphatic carbocycles. The average molecular weight is 266 g/mol. The lowest BCUT2D eigenvalue weighted by atomic mass is 10.2. The summed E-state index contributed by atoms with van der Waals surface area (Å²) in [4.78, 5) is 26.6. The van der Waals surface area contributed by atoms with Crippen molar-refractivity contribution in [2.24, 2.45) is 0 Å². The largest absolute Gasteiger partial charge is 0.466 e. The highest BCUT2D eigenvalue weighted by atomic mass is 35.5. The number of carbonyl (C=O) groups excluding carboxylic acids is 1. The van der Waals surface area contributed by atoms with Crippen LogP contribution in [0, 0.1) is 0 Å². The van der Waals surface area contributed by atoms with Gasteiger partial charge in [0.15, 0.2) is 0 Å². The third kappa shape index (κ3) is 2.57. The maximum absolute atomic E-state index is 11.7. The van der Waals surface area contributed by atoms with Crippen molar-refractivity contribution in [3.05, 3.63) is 45.6 Å². The van der Waals surface area contributed by atoms with Crippen LogP contribution in [-0.4, -0.2) is 18.1 Å². The molecule has 0 amide bonds. The molecule has 1 aromatic heterocycles. The second-order valence-corrected chi connectivity index (χ2v) is 3.79. The van der Waals surface area contributed by atoms with Crippen molar-refractivity contribution in [3.63, 3.8) is 0 Å². The highest BCUT2D eigenvalue weighted by Gasteiger charge is 2.05. The summed E-state index contributed by atoms with van der Waals surface area (Å²) in [5.41, 5.74) is -0.118. The van der Waals surface area contributed by atoms with Gasteiger partial charge in [-0.05, 0) is 18.2 Å². The SMILES string of the molecule is COC(=O)C=Cc1nc2ccc(Cl)cc2c(=O)o1.